The molecule has 1 aromatic rings. The van der Waals surface area contributed by atoms with E-state index in [1.807, 2.05) is 6.07 Å². The summed E-state index contributed by atoms with van der Waals surface area (Å²) in [5.41, 5.74) is 6.61. The van der Waals surface area contributed by atoms with Crippen LogP contribution in [0.5, 0.6) is 0 Å². The fourth-order valence-corrected chi connectivity index (χ4v) is 1.22. The van der Waals surface area contributed by atoms with Gasteiger partial charge in [0.15, 0.2) is 0 Å². The molecular weight excluding hydrogens is 188 g/mol. The summed E-state index contributed by atoms with van der Waals surface area (Å²) in [6.45, 7) is -0.184. The number of nitrogens with zero attached hydrogens (tertiary/aromatic N) is 1. The molecule has 0 amide bonds. The zero-order valence-electron chi connectivity index (χ0n) is 6.87. The van der Waals surface area contributed by atoms with Crippen molar-refractivity contribution in [3.05, 3.63) is 34.3 Å². The topological polar surface area (TPSA) is 70.0 Å². The molecule has 0 heterocycles. The fourth-order valence-electron chi connectivity index (χ4n) is 1.05. The van der Waals surface area contributed by atoms with Crippen LogP contribution in [0.4, 0.5) is 0 Å². The first-order valence-corrected chi connectivity index (χ1v) is 4.13. The Morgan fingerprint density at radius 3 is 2.85 bits per heavy atom. The van der Waals surface area contributed by atoms with Gasteiger partial charge in [0.25, 0.3) is 0 Å². The first kappa shape index (κ1) is 10.0. The third kappa shape index (κ3) is 2.19. The highest BCUT2D eigenvalue weighted by Gasteiger charge is 2.09. The van der Waals surface area contributed by atoms with Gasteiger partial charge in [-0.15, -0.1) is 0 Å². The Morgan fingerprint density at radius 2 is 2.31 bits per heavy atom. The van der Waals surface area contributed by atoms with Crippen LogP contribution < -0.4 is 5.73 Å². The average Bonchev–Trinajstić information content (AvgIpc) is 2.16. The second-order valence-corrected chi connectivity index (χ2v) is 3.07. The zero-order valence-corrected chi connectivity index (χ0v) is 7.62. The number of nitrogens with two attached hydrogens (primary N) is 1. The Bertz CT molecular complexity index is 346. The molecule has 1 atom stereocenters. The third-order valence-corrected chi connectivity index (χ3v) is 1.97. The summed E-state index contributed by atoms with van der Waals surface area (Å²) in [4.78, 5) is 0. The van der Waals surface area contributed by atoms with Crippen molar-refractivity contribution in [2.45, 2.75) is 6.04 Å². The highest BCUT2D eigenvalue weighted by Crippen LogP contribution is 2.19. The summed E-state index contributed by atoms with van der Waals surface area (Å²) in [6.07, 6.45) is 0. The van der Waals surface area contributed by atoms with Gasteiger partial charge in [-0.2, -0.15) is 5.26 Å². The van der Waals surface area contributed by atoms with Gasteiger partial charge in [0.1, 0.15) is 0 Å². The predicted molar refractivity (Wildman–Crippen MR) is 50.2 cm³/mol. The van der Waals surface area contributed by atoms with Gasteiger partial charge in [-0.3, -0.25) is 0 Å². The molecule has 0 fully saturated rings. The second-order valence-electron chi connectivity index (χ2n) is 2.63. The molecule has 68 valence electrons. The molecule has 0 aromatic heterocycles. The molecule has 0 radical (unpaired) electrons. The van der Waals surface area contributed by atoms with Gasteiger partial charge in [0.2, 0.25) is 0 Å². The van der Waals surface area contributed by atoms with Crippen molar-refractivity contribution in [3.8, 4) is 6.07 Å². The highest BCUT2D eigenvalue weighted by molar-refractivity contribution is 6.30. The number of aliphatic hydroxyl groups is 1. The van der Waals surface area contributed by atoms with Crippen LogP contribution in [0.2, 0.25) is 5.02 Å². The number of aliphatic hydroxyl groups excluding tert-OH is 1. The molecule has 0 aliphatic carbocycles. The molecule has 0 saturated heterocycles. The lowest BCUT2D eigenvalue weighted by atomic mass is 10.0. The van der Waals surface area contributed by atoms with E-state index < -0.39 is 6.04 Å². The highest BCUT2D eigenvalue weighted by atomic mass is 35.5. The second kappa shape index (κ2) is 4.24. The normalized spacial score (nSPS) is 12.2. The largest absolute Gasteiger partial charge is 0.394 e. The van der Waals surface area contributed by atoms with E-state index in [4.69, 9.17) is 27.7 Å². The van der Waals surface area contributed by atoms with Crippen molar-refractivity contribution in [3.63, 3.8) is 0 Å². The molecule has 0 spiro atoms. The minimum atomic E-state index is -0.521. The molecule has 13 heavy (non-hydrogen) atoms. The van der Waals surface area contributed by atoms with E-state index in [0.29, 0.717) is 16.1 Å². The van der Waals surface area contributed by atoms with Crippen LogP contribution in [-0.4, -0.2) is 11.7 Å². The number of nitriles is 1. The minimum absolute atomic E-state index is 0.184. The molecule has 0 aliphatic heterocycles. The number of benzene rings is 1. The maximum atomic E-state index is 8.81. The average molecular weight is 197 g/mol. The van der Waals surface area contributed by atoms with Crippen LogP contribution >= 0.6 is 11.6 Å². The van der Waals surface area contributed by atoms with E-state index >= 15 is 0 Å². The van der Waals surface area contributed by atoms with Gasteiger partial charge < -0.3 is 10.8 Å². The van der Waals surface area contributed by atoms with Crippen molar-refractivity contribution < 1.29 is 5.11 Å². The van der Waals surface area contributed by atoms with E-state index in [0.717, 1.165) is 0 Å². The molecule has 0 aliphatic rings. The van der Waals surface area contributed by atoms with Crippen molar-refractivity contribution in [2.24, 2.45) is 5.73 Å². The van der Waals surface area contributed by atoms with E-state index in [1.165, 1.54) is 6.07 Å². The van der Waals surface area contributed by atoms with Gasteiger partial charge in [0, 0.05) is 5.02 Å². The Hall–Kier alpha value is -1.08. The van der Waals surface area contributed by atoms with Crippen molar-refractivity contribution in [1.29, 1.82) is 5.26 Å². The third-order valence-electron chi connectivity index (χ3n) is 1.73. The van der Waals surface area contributed by atoms with Gasteiger partial charge >= 0.3 is 0 Å². The number of rotatable bonds is 2. The van der Waals surface area contributed by atoms with Gasteiger partial charge in [0.05, 0.1) is 24.3 Å². The first-order chi connectivity index (χ1) is 6.19. The minimum Gasteiger partial charge on any atom is -0.394 e. The van der Waals surface area contributed by atoms with Crippen LogP contribution in [0.25, 0.3) is 0 Å². The molecular formula is C9H9ClN2O. The lowest BCUT2D eigenvalue weighted by Crippen LogP contribution is -2.15. The Morgan fingerprint density at radius 1 is 1.62 bits per heavy atom. The molecule has 0 unspecified atom stereocenters. The van der Waals surface area contributed by atoms with Gasteiger partial charge in [-0.25, -0.2) is 0 Å². The fraction of sp³-hybridized carbons (Fsp3) is 0.222. The van der Waals surface area contributed by atoms with E-state index in [9.17, 15) is 0 Å². The van der Waals surface area contributed by atoms with E-state index in [-0.39, 0.29) is 6.61 Å². The smallest absolute Gasteiger partial charge is 0.0995 e. The summed E-state index contributed by atoms with van der Waals surface area (Å²) in [6, 6.07) is 6.29. The lowest BCUT2D eigenvalue weighted by molar-refractivity contribution is 0.268. The Kier molecular flexibility index (Phi) is 3.26. The molecule has 4 heteroatoms. The monoisotopic (exact) mass is 196 g/mol. The standard InChI is InChI=1S/C9H9ClN2O/c10-7-1-2-8(9(12)5-13)6(3-7)4-11/h1-3,9,13H,5,12H2/t9-/m1/s1. The van der Waals surface area contributed by atoms with E-state index in [2.05, 4.69) is 0 Å². The molecule has 1 rings (SSSR count). The SMILES string of the molecule is N#Cc1cc(Cl)ccc1[C@H](N)CO. The number of hydrogen-bond donors (Lipinski definition) is 2. The Labute approximate surface area is 81.4 Å². The number of halogens is 1. The molecule has 1 aromatic carbocycles. The Balaban J connectivity index is 3.15. The summed E-state index contributed by atoms with van der Waals surface area (Å²) in [5.74, 6) is 0. The lowest BCUT2D eigenvalue weighted by Gasteiger charge is -2.09. The van der Waals surface area contributed by atoms with Crippen LogP contribution in [-0.2, 0) is 0 Å². The van der Waals surface area contributed by atoms with Crippen LogP contribution in [0, 0.1) is 11.3 Å². The summed E-state index contributed by atoms with van der Waals surface area (Å²) >= 11 is 5.69. The number of hydrogen-bond acceptors (Lipinski definition) is 3. The summed E-state index contributed by atoms with van der Waals surface area (Å²) in [7, 11) is 0. The molecule has 3 nitrogen and oxygen atoms in total. The van der Waals surface area contributed by atoms with Gasteiger partial charge in [-0.1, -0.05) is 17.7 Å². The van der Waals surface area contributed by atoms with Crippen LogP contribution in [0.15, 0.2) is 18.2 Å². The zero-order chi connectivity index (χ0) is 9.84. The molecule has 0 bridgehead atoms. The maximum absolute atomic E-state index is 8.81. The maximum Gasteiger partial charge on any atom is 0.0995 e. The predicted octanol–water partition coefficient (Wildman–Crippen LogP) is 1.20. The van der Waals surface area contributed by atoms with Crippen molar-refractivity contribution >= 4 is 11.6 Å². The van der Waals surface area contributed by atoms with Gasteiger partial charge in [-0.05, 0) is 17.7 Å². The van der Waals surface area contributed by atoms with Crippen LogP contribution in [0.1, 0.15) is 17.2 Å². The summed E-state index contributed by atoms with van der Waals surface area (Å²) in [5, 5.41) is 18.0. The van der Waals surface area contributed by atoms with Crippen molar-refractivity contribution in [2.75, 3.05) is 6.61 Å². The molecule has 3 N–H and O–H groups in total. The molecule has 0 saturated carbocycles. The quantitative estimate of drug-likeness (QED) is 0.747. The van der Waals surface area contributed by atoms with Crippen LogP contribution in [0.3, 0.4) is 0 Å². The summed E-state index contributed by atoms with van der Waals surface area (Å²) < 4.78 is 0. The van der Waals surface area contributed by atoms with Crippen molar-refractivity contribution in [1.82, 2.24) is 0 Å². The van der Waals surface area contributed by atoms with E-state index in [1.54, 1.807) is 12.1 Å². The first-order valence-electron chi connectivity index (χ1n) is 3.75.